The summed E-state index contributed by atoms with van der Waals surface area (Å²) >= 11 is 0. The van der Waals surface area contributed by atoms with Gasteiger partial charge in [0.1, 0.15) is 0 Å². The first-order valence-corrected chi connectivity index (χ1v) is 5.74. The Morgan fingerprint density at radius 3 is 2.38 bits per heavy atom. The van der Waals surface area contributed by atoms with E-state index in [0.29, 0.717) is 6.54 Å². The summed E-state index contributed by atoms with van der Waals surface area (Å²) in [5, 5.41) is 8.49. The summed E-state index contributed by atoms with van der Waals surface area (Å²) in [4.78, 5) is 0. The van der Waals surface area contributed by atoms with Crippen molar-refractivity contribution in [2.24, 2.45) is 0 Å². The molecule has 0 spiro atoms. The Bertz CT molecular complexity index is 216. The van der Waals surface area contributed by atoms with E-state index in [0.717, 1.165) is 19.3 Å². The van der Waals surface area contributed by atoms with Crippen molar-refractivity contribution in [2.45, 2.75) is 19.3 Å². The highest BCUT2D eigenvalue weighted by Crippen LogP contribution is 1.99. The van der Waals surface area contributed by atoms with Crippen molar-refractivity contribution < 1.29 is 13.5 Å². The molecule has 0 atom stereocenters. The molecule has 13 heavy (non-hydrogen) atoms. The predicted molar refractivity (Wildman–Crippen MR) is 51.5 cm³/mol. The van der Waals surface area contributed by atoms with Crippen LogP contribution in [0, 0.1) is 0 Å². The van der Waals surface area contributed by atoms with Crippen molar-refractivity contribution in [1.82, 2.24) is 9.03 Å². The van der Waals surface area contributed by atoms with Gasteiger partial charge in [-0.3, -0.25) is 0 Å². The lowest BCUT2D eigenvalue weighted by molar-refractivity contribution is 0.281. The molecular formula is C7H18N2O3S. The average molecular weight is 210 g/mol. The van der Waals surface area contributed by atoms with Gasteiger partial charge in [0.05, 0.1) is 0 Å². The molecule has 0 aliphatic carbocycles. The molecule has 0 saturated carbocycles. The third kappa shape index (κ3) is 5.20. The van der Waals surface area contributed by atoms with Crippen LogP contribution < -0.4 is 4.72 Å². The highest BCUT2D eigenvalue weighted by molar-refractivity contribution is 7.87. The highest BCUT2D eigenvalue weighted by Gasteiger charge is 2.13. The molecule has 2 N–H and O–H groups in total. The lowest BCUT2D eigenvalue weighted by Crippen LogP contribution is -2.36. The van der Waals surface area contributed by atoms with Gasteiger partial charge in [-0.05, 0) is 19.3 Å². The van der Waals surface area contributed by atoms with Gasteiger partial charge in [-0.15, -0.1) is 0 Å². The second kappa shape index (κ2) is 6.31. The first-order valence-electron chi connectivity index (χ1n) is 4.30. The molecule has 0 saturated heterocycles. The summed E-state index contributed by atoms with van der Waals surface area (Å²) in [6, 6.07) is 0. The first-order chi connectivity index (χ1) is 6.04. The van der Waals surface area contributed by atoms with Crippen LogP contribution in [0.1, 0.15) is 19.3 Å². The smallest absolute Gasteiger partial charge is 0.278 e. The number of hydrogen-bond acceptors (Lipinski definition) is 3. The van der Waals surface area contributed by atoms with Crippen LogP contribution in [0.25, 0.3) is 0 Å². The molecule has 0 amide bonds. The summed E-state index contributed by atoms with van der Waals surface area (Å²) in [7, 11) is -0.344. The van der Waals surface area contributed by atoms with Crippen LogP contribution in [0.2, 0.25) is 0 Å². The fraction of sp³-hybridized carbons (Fsp3) is 1.00. The molecule has 0 heterocycles. The minimum atomic E-state index is -3.26. The highest BCUT2D eigenvalue weighted by atomic mass is 32.2. The van der Waals surface area contributed by atoms with Crippen LogP contribution in [0.5, 0.6) is 0 Å². The van der Waals surface area contributed by atoms with Gasteiger partial charge in [-0.25, -0.2) is 4.72 Å². The third-order valence-electron chi connectivity index (χ3n) is 1.80. The molecule has 0 aliphatic rings. The Hall–Kier alpha value is -0.170. The normalized spacial score (nSPS) is 12.3. The van der Waals surface area contributed by atoms with Crippen LogP contribution in [-0.4, -0.2) is 45.1 Å². The van der Waals surface area contributed by atoms with E-state index in [2.05, 4.69) is 4.72 Å². The minimum absolute atomic E-state index is 0.169. The molecule has 0 fully saturated rings. The molecule has 0 rings (SSSR count). The van der Waals surface area contributed by atoms with Gasteiger partial charge in [-0.2, -0.15) is 12.7 Å². The SMILES string of the molecule is CNS(=O)(=O)N(C)CCCCCO. The Morgan fingerprint density at radius 1 is 1.31 bits per heavy atom. The number of rotatable bonds is 7. The van der Waals surface area contributed by atoms with Gasteiger partial charge in [0.2, 0.25) is 0 Å². The van der Waals surface area contributed by atoms with Crippen LogP contribution >= 0.6 is 0 Å². The van der Waals surface area contributed by atoms with Crippen molar-refractivity contribution in [3.05, 3.63) is 0 Å². The molecule has 0 aliphatic heterocycles. The molecular weight excluding hydrogens is 192 g/mol. The van der Waals surface area contributed by atoms with Crippen LogP contribution in [0.4, 0.5) is 0 Å². The number of unbranched alkanes of at least 4 members (excludes halogenated alkanes) is 2. The second-order valence-corrected chi connectivity index (χ2v) is 4.80. The number of aliphatic hydroxyl groups is 1. The molecule has 80 valence electrons. The second-order valence-electron chi connectivity index (χ2n) is 2.81. The van der Waals surface area contributed by atoms with Crippen molar-refractivity contribution in [3.8, 4) is 0 Å². The lowest BCUT2D eigenvalue weighted by atomic mass is 10.2. The maximum Gasteiger partial charge on any atom is 0.278 e. The van der Waals surface area contributed by atoms with E-state index in [1.54, 1.807) is 0 Å². The van der Waals surface area contributed by atoms with Crippen LogP contribution in [-0.2, 0) is 10.2 Å². The standard InChI is InChI=1S/C7H18N2O3S/c1-8-13(11,12)9(2)6-4-3-5-7-10/h8,10H,3-7H2,1-2H3. The van der Waals surface area contributed by atoms with Crippen molar-refractivity contribution in [3.63, 3.8) is 0 Å². The minimum Gasteiger partial charge on any atom is -0.396 e. The van der Waals surface area contributed by atoms with Gasteiger partial charge < -0.3 is 5.11 Å². The molecule has 6 heteroatoms. The summed E-state index contributed by atoms with van der Waals surface area (Å²) in [5.74, 6) is 0. The summed E-state index contributed by atoms with van der Waals surface area (Å²) in [6.45, 7) is 0.658. The Labute approximate surface area is 79.9 Å². The van der Waals surface area contributed by atoms with Gasteiger partial charge in [-0.1, -0.05) is 0 Å². The number of nitrogens with one attached hydrogen (secondary N) is 1. The van der Waals surface area contributed by atoms with Crippen LogP contribution in [0.15, 0.2) is 0 Å². The van der Waals surface area contributed by atoms with Crippen molar-refractivity contribution >= 4 is 10.2 Å². The maximum absolute atomic E-state index is 11.1. The van der Waals surface area contributed by atoms with Crippen LogP contribution in [0.3, 0.4) is 0 Å². The molecule has 0 bridgehead atoms. The zero-order valence-electron chi connectivity index (χ0n) is 8.15. The summed E-state index contributed by atoms with van der Waals surface area (Å²) in [5.41, 5.74) is 0. The topological polar surface area (TPSA) is 69.6 Å². The fourth-order valence-corrected chi connectivity index (χ4v) is 1.58. The van der Waals surface area contributed by atoms with E-state index in [4.69, 9.17) is 5.11 Å². The van der Waals surface area contributed by atoms with E-state index < -0.39 is 10.2 Å². The van der Waals surface area contributed by atoms with E-state index in [-0.39, 0.29) is 6.61 Å². The predicted octanol–water partition coefficient (Wildman–Crippen LogP) is -0.455. The Balaban J connectivity index is 3.69. The molecule has 0 unspecified atom stereocenters. The molecule has 0 aromatic heterocycles. The lowest BCUT2D eigenvalue weighted by Gasteiger charge is -2.15. The summed E-state index contributed by atoms with van der Waals surface area (Å²) in [6.07, 6.45) is 2.35. The van der Waals surface area contributed by atoms with Gasteiger partial charge in [0.15, 0.2) is 0 Å². The quantitative estimate of drug-likeness (QED) is 0.559. The van der Waals surface area contributed by atoms with E-state index in [9.17, 15) is 8.42 Å². The first kappa shape index (κ1) is 12.8. The van der Waals surface area contributed by atoms with Crippen molar-refractivity contribution in [2.75, 3.05) is 27.2 Å². The molecule has 0 radical (unpaired) electrons. The average Bonchev–Trinajstić information content (AvgIpc) is 2.12. The Kier molecular flexibility index (Phi) is 6.23. The Morgan fingerprint density at radius 2 is 1.92 bits per heavy atom. The molecule has 5 nitrogen and oxygen atoms in total. The maximum atomic E-state index is 11.1. The van der Waals surface area contributed by atoms with E-state index >= 15 is 0 Å². The number of hydrogen-bond donors (Lipinski definition) is 2. The third-order valence-corrected chi connectivity index (χ3v) is 3.32. The zero-order chi connectivity index (χ0) is 10.3. The monoisotopic (exact) mass is 210 g/mol. The van der Waals surface area contributed by atoms with Gasteiger partial charge >= 0.3 is 0 Å². The van der Waals surface area contributed by atoms with Gasteiger partial charge in [0.25, 0.3) is 10.2 Å². The van der Waals surface area contributed by atoms with E-state index in [1.807, 2.05) is 0 Å². The molecule has 0 aromatic rings. The van der Waals surface area contributed by atoms with E-state index in [1.165, 1.54) is 18.4 Å². The summed E-state index contributed by atoms with van der Waals surface area (Å²) < 4.78 is 25.8. The van der Waals surface area contributed by atoms with Gasteiger partial charge in [0, 0.05) is 27.2 Å². The zero-order valence-corrected chi connectivity index (χ0v) is 8.97. The fourth-order valence-electron chi connectivity index (χ4n) is 0.899. The molecule has 0 aromatic carbocycles. The van der Waals surface area contributed by atoms with Crippen molar-refractivity contribution in [1.29, 1.82) is 0 Å². The largest absolute Gasteiger partial charge is 0.396 e. The number of aliphatic hydroxyl groups excluding tert-OH is 1. The number of nitrogens with zero attached hydrogens (tertiary/aromatic N) is 1.